The SMILES string of the molecule is Cc1ccc(Nc2ncnc(NNC(C)(C)C)c2N)nc1. The lowest BCUT2D eigenvalue weighted by atomic mass is 10.1. The Morgan fingerprint density at radius 3 is 2.38 bits per heavy atom. The normalized spacial score (nSPS) is 11.2. The summed E-state index contributed by atoms with van der Waals surface area (Å²) < 4.78 is 0. The van der Waals surface area contributed by atoms with Gasteiger partial charge in [0.1, 0.15) is 17.8 Å². The maximum Gasteiger partial charge on any atom is 0.169 e. The van der Waals surface area contributed by atoms with Crippen LogP contribution in [0.2, 0.25) is 0 Å². The molecule has 0 fully saturated rings. The van der Waals surface area contributed by atoms with Crippen molar-refractivity contribution in [2.45, 2.75) is 33.2 Å². The van der Waals surface area contributed by atoms with Crippen LogP contribution in [0.5, 0.6) is 0 Å². The number of hydrogen-bond acceptors (Lipinski definition) is 7. The van der Waals surface area contributed by atoms with Crippen molar-refractivity contribution in [2.24, 2.45) is 0 Å². The highest BCUT2D eigenvalue weighted by molar-refractivity contribution is 5.76. The van der Waals surface area contributed by atoms with E-state index in [2.05, 4.69) is 31.1 Å². The Balaban J connectivity index is 2.15. The third-order valence-electron chi connectivity index (χ3n) is 2.60. The average molecular weight is 287 g/mol. The molecule has 2 rings (SSSR count). The third-order valence-corrected chi connectivity index (χ3v) is 2.60. The highest BCUT2D eigenvalue weighted by Crippen LogP contribution is 2.24. The minimum Gasteiger partial charge on any atom is -0.393 e. The maximum absolute atomic E-state index is 6.07. The summed E-state index contributed by atoms with van der Waals surface area (Å²) in [5.41, 5.74) is 13.6. The number of hydrazine groups is 1. The van der Waals surface area contributed by atoms with E-state index in [1.807, 2.05) is 39.8 Å². The van der Waals surface area contributed by atoms with E-state index in [1.165, 1.54) is 6.33 Å². The summed E-state index contributed by atoms with van der Waals surface area (Å²) in [6, 6.07) is 3.84. The number of nitrogens with one attached hydrogen (secondary N) is 3. The molecule has 0 unspecified atom stereocenters. The van der Waals surface area contributed by atoms with Crippen LogP contribution in [0, 0.1) is 6.92 Å². The molecule has 0 aliphatic carbocycles. The highest BCUT2D eigenvalue weighted by atomic mass is 15.4. The first-order valence-electron chi connectivity index (χ1n) is 6.68. The number of nitrogens with zero attached hydrogens (tertiary/aromatic N) is 3. The number of rotatable bonds is 4. The molecule has 0 bridgehead atoms. The quantitative estimate of drug-likeness (QED) is 0.640. The van der Waals surface area contributed by atoms with Gasteiger partial charge in [0.25, 0.3) is 0 Å². The first kappa shape index (κ1) is 15.0. The second kappa shape index (κ2) is 5.92. The number of pyridine rings is 1. The molecule has 2 aromatic heterocycles. The molecule has 7 nitrogen and oxygen atoms in total. The molecule has 21 heavy (non-hydrogen) atoms. The third kappa shape index (κ3) is 4.28. The monoisotopic (exact) mass is 287 g/mol. The van der Waals surface area contributed by atoms with Crippen LogP contribution < -0.4 is 21.9 Å². The molecule has 0 aliphatic heterocycles. The van der Waals surface area contributed by atoms with Gasteiger partial charge in [-0.15, -0.1) is 0 Å². The standard InChI is InChI=1S/C14H21N7/c1-9-5-6-10(16-7-9)19-12-11(15)13(18-8-17-12)20-21-14(2,3)4/h5-8,21H,15H2,1-4H3,(H2,16,17,18,19,20). The Labute approximate surface area is 124 Å². The minimum absolute atomic E-state index is 0.108. The topological polar surface area (TPSA) is 101 Å². The van der Waals surface area contributed by atoms with Crippen molar-refractivity contribution in [1.82, 2.24) is 20.4 Å². The Bertz CT molecular complexity index is 602. The van der Waals surface area contributed by atoms with Gasteiger partial charge in [-0.05, 0) is 39.3 Å². The molecule has 2 heterocycles. The molecular formula is C14H21N7. The molecule has 0 saturated carbocycles. The Morgan fingerprint density at radius 2 is 1.76 bits per heavy atom. The van der Waals surface area contributed by atoms with Crippen molar-refractivity contribution >= 4 is 23.1 Å². The smallest absolute Gasteiger partial charge is 0.169 e. The lowest BCUT2D eigenvalue weighted by Crippen LogP contribution is -2.40. The predicted octanol–water partition coefficient (Wildman–Crippen LogP) is 2.22. The first-order valence-corrected chi connectivity index (χ1v) is 6.68. The first-order chi connectivity index (χ1) is 9.85. The minimum atomic E-state index is -0.108. The molecule has 0 amide bonds. The molecule has 5 N–H and O–H groups in total. The molecule has 0 aliphatic rings. The summed E-state index contributed by atoms with van der Waals surface area (Å²) in [5, 5.41) is 3.08. The van der Waals surface area contributed by atoms with Crippen LogP contribution in [0.15, 0.2) is 24.7 Å². The zero-order valence-electron chi connectivity index (χ0n) is 12.7. The van der Waals surface area contributed by atoms with E-state index in [4.69, 9.17) is 5.73 Å². The van der Waals surface area contributed by atoms with E-state index >= 15 is 0 Å². The van der Waals surface area contributed by atoms with Crippen molar-refractivity contribution in [3.63, 3.8) is 0 Å². The fourth-order valence-corrected chi connectivity index (χ4v) is 1.50. The van der Waals surface area contributed by atoms with Gasteiger partial charge in [-0.3, -0.25) is 0 Å². The van der Waals surface area contributed by atoms with Crippen LogP contribution in [-0.2, 0) is 0 Å². The van der Waals surface area contributed by atoms with Crippen LogP contribution >= 0.6 is 0 Å². The Kier molecular flexibility index (Phi) is 4.23. The van der Waals surface area contributed by atoms with Crippen molar-refractivity contribution in [3.8, 4) is 0 Å². The molecule has 2 aromatic rings. The summed E-state index contributed by atoms with van der Waals surface area (Å²) in [6.45, 7) is 8.09. The van der Waals surface area contributed by atoms with E-state index in [0.29, 0.717) is 23.1 Å². The summed E-state index contributed by atoms with van der Waals surface area (Å²) >= 11 is 0. The summed E-state index contributed by atoms with van der Waals surface area (Å²) in [4.78, 5) is 12.5. The van der Waals surface area contributed by atoms with Crippen LogP contribution in [0.3, 0.4) is 0 Å². The summed E-state index contributed by atoms with van der Waals surface area (Å²) in [5.74, 6) is 1.72. The second-order valence-electron chi connectivity index (χ2n) is 5.83. The van der Waals surface area contributed by atoms with Crippen molar-refractivity contribution in [3.05, 3.63) is 30.2 Å². The molecule has 0 saturated heterocycles. The van der Waals surface area contributed by atoms with E-state index < -0.39 is 0 Å². The van der Waals surface area contributed by atoms with E-state index in [1.54, 1.807) is 6.20 Å². The molecule has 112 valence electrons. The average Bonchev–Trinajstić information content (AvgIpc) is 2.41. The lowest BCUT2D eigenvalue weighted by Gasteiger charge is -2.22. The van der Waals surface area contributed by atoms with Crippen LogP contribution in [0.1, 0.15) is 26.3 Å². The number of aromatic nitrogens is 3. The summed E-state index contributed by atoms with van der Waals surface area (Å²) in [6.07, 6.45) is 3.22. The van der Waals surface area contributed by atoms with Gasteiger partial charge in [0, 0.05) is 11.7 Å². The van der Waals surface area contributed by atoms with Gasteiger partial charge in [0.2, 0.25) is 0 Å². The predicted molar refractivity (Wildman–Crippen MR) is 85.2 cm³/mol. The van der Waals surface area contributed by atoms with Crippen molar-refractivity contribution < 1.29 is 0 Å². The van der Waals surface area contributed by atoms with Crippen molar-refractivity contribution in [2.75, 3.05) is 16.5 Å². The zero-order valence-corrected chi connectivity index (χ0v) is 12.7. The van der Waals surface area contributed by atoms with Gasteiger partial charge in [-0.25, -0.2) is 20.4 Å². The number of nitrogen functional groups attached to an aromatic ring is 1. The number of anilines is 4. The largest absolute Gasteiger partial charge is 0.393 e. The molecular weight excluding hydrogens is 266 g/mol. The van der Waals surface area contributed by atoms with Crippen LogP contribution in [-0.4, -0.2) is 20.5 Å². The molecule has 0 aromatic carbocycles. The zero-order chi connectivity index (χ0) is 15.5. The second-order valence-corrected chi connectivity index (χ2v) is 5.83. The van der Waals surface area contributed by atoms with Gasteiger partial charge >= 0.3 is 0 Å². The van der Waals surface area contributed by atoms with Crippen LogP contribution in [0.4, 0.5) is 23.1 Å². The number of aryl methyl sites for hydroxylation is 1. The maximum atomic E-state index is 6.07. The van der Waals surface area contributed by atoms with Gasteiger partial charge < -0.3 is 16.5 Å². The van der Waals surface area contributed by atoms with Crippen molar-refractivity contribution in [1.29, 1.82) is 0 Å². The fourth-order valence-electron chi connectivity index (χ4n) is 1.50. The van der Waals surface area contributed by atoms with E-state index in [0.717, 1.165) is 5.56 Å². The fraction of sp³-hybridized carbons (Fsp3) is 0.357. The van der Waals surface area contributed by atoms with E-state index in [-0.39, 0.29) is 5.54 Å². The molecule has 0 radical (unpaired) electrons. The highest BCUT2D eigenvalue weighted by Gasteiger charge is 2.12. The lowest BCUT2D eigenvalue weighted by molar-refractivity contribution is 0.464. The molecule has 0 atom stereocenters. The van der Waals surface area contributed by atoms with Crippen LogP contribution in [0.25, 0.3) is 0 Å². The Morgan fingerprint density at radius 1 is 1.05 bits per heavy atom. The van der Waals surface area contributed by atoms with Gasteiger partial charge in [0.05, 0.1) is 0 Å². The Hall–Kier alpha value is -2.41. The van der Waals surface area contributed by atoms with Gasteiger partial charge in [-0.2, -0.15) is 0 Å². The molecule has 0 spiro atoms. The number of nitrogens with two attached hydrogens (primary N) is 1. The molecule has 7 heteroatoms. The van der Waals surface area contributed by atoms with Gasteiger partial charge in [-0.1, -0.05) is 6.07 Å². The van der Waals surface area contributed by atoms with E-state index in [9.17, 15) is 0 Å². The summed E-state index contributed by atoms with van der Waals surface area (Å²) in [7, 11) is 0. The number of hydrogen-bond donors (Lipinski definition) is 4. The van der Waals surface area contributed by atoms with Gasteiger partial charge in [0.15, 0.2) is 11.6 Å².